The van der Waals surface area contributed by atoms with Gasteiger partial charge in [0.05, 0.1) is 5.83 Å². The average molecular weight is 334 g/mol. The number of aliphatic hydroxyl groups is 1. The Morgan fingerprint density at radius 1 is 1.17 bits per heavy atom. The number of Topliss-reactive ketones (excluding diaryl/α,β-unsaturated/α-hetero) is 1. The van der Waals surface area contributed by atoms with Crippen molar-refractivity contribution in [1.82, 2.24) is 0 Å². The van der Waals surface area contributed by atoms with Gasteiger partial charge in [-0.15, -0.1) is 0 Å². The van der Waals surface area contributed by atoms with Crippen molar-refractivity contribution in [3.8, 4) is 0 Å². The summed E-state index contributed by atoms with van der Waals surface area (Å²) in [6.45, 7) is 4.17. The number of hydrogen-bond acceptors (Lipinski definition) is 2. The van der Waals surface area contributed by atoms with Gasteiger partial charge in [-0.1, -0.05) is 13.8 Å². The molecule has 0 aromatic heterocycles. The van der Waals surface area contributed by atoms with Crippen LogP contribution in [0.3, 0.4) is 0 Å². The molecule has 0 amide bonds. The summed E-state index contributed by atoms with van der Waals surface area (Å²) in [5, 5.41) is 9.34. The summed E-state index contributed by atoms with van der Waals surface area (Å²) >= 11 is 0. The summed E-state index contributed by atoms with van der Waals surface area (Å²) < 4.78 is 14.9. The van der Waals surface area contributed by atoms with Gasteiger partial charge in [0.15, 0.2) is 5.78 Å². The number of aliphatic hydroxyl groups excluding tert-OH is 1. The van der Waals surface area contributed by atoms with E-state index in [0.717, 1.165) is 44.1 Å². The van der Waals surface area contributed by atoms with Crippen LogP contribution in [0, 0.1) is 40.9 Å². The fourth-order valence-corrected chi connectivity index (χ4v) is 7.14. The van der Waals surface area contributed by atoms with Crippen molar-refractivity contribution in [3.63, 3.8) is 0 Å². The van der Waals surface area contributed by atoms with Gasteiger partial charge >= 0.3 is 0 Å². The van der Waals surface area contributed by atoms with E-state index in [1.54, 1.807) is 0 Å². The van der Waals surface area contributed by atoms with Crippen LogP contribution in [0.5, 0.6) is 0 Å². The first-order valence-electron chi connectivity index (χ1n) is 9.96. The molecule has 3 heteroatoms. The first kappa shape index (κ1) is 16.8. The molecule has 4 aliphatic rings. The lowest BCUT2D eigenvalue weighted by molar-refractivity contribution is -0.131. The smallest absolute Gasteiger partial charge is 0.161 e. The van der Waals surface area contributed by atoms with Gasteiger partial charge in [-0.05, 0) is 85.5 Å². The Balaban J connectivity index is 1.63. The van der Waals surface area contributed by atoms with Crippen LogP contribution < -0.4 is 0 Å². The zero-order valence-corrected chi connectivity index (χ0v) is 15.1. The number of halogens is 1. The molecule has 3 fully saturated rings. The summed E-state index contributed by atoms with van der Waals surface area (Å²) in [5.74, 6) is 2.81. The normalized spacial score (nSPS) is 47.8. The molecule has 7 unspecified atom stereocenters. The van der Waals surface area contributed by atoms with Crippen LogP contribution in [0.1, 0.15) is 65.2 Å². The lowest BCUT2D eigenvalue weighted by Gasteiger charge is -2.53. The molecule has 0 aromatic carbocycles. The molecule has 7 atom stereocenters. The Labute approximate surface area is 144 Å². The lowest BCUT2D eigenvalue weighted by atomic mass is 9.51. The predicted molar refractivity (Wildman–Crippen MR) is 91.9 cm³/mol. The van der Waals surface area contributed by atoms with Crippen molar-refractivity contribution < 1.29 is 14.3 Å². The number of hydrogen-bond donors (Lipinski definition) is 1. The minimum absolute atomic E-state index is 0.00624. The highest BCUT2D eigenvalue weighted by atomic mass is 19.1. The summed E-state index contributed by atoms with van der Waals surface area (Å²) in [4.78, 5) is 12.2. The Hall–Kier alpha value is -0.700. The molecule has 24 heavy (non-hydrogen) atoms. The van der Waals surface area contributed by atoms with Gasteiger partial charge in [0.25, 0.3) is 0 Å². The van der Waals surface area contributed by atoms with E-state index in [1.807, 2.05) is 0 Å². The van der Waals surface area contributed by atoms with Gasteiger partial charge in [0, 0.05) is 12.3 Å². The van der Waals surface area contributed by atoms with Gasteiger partial charge in [0.2, 0.25) is 0 Å². The monoisotopic (exact) mass is 334 g/mol. The first-order chi connectivity index (χ1) is 11.5. The largest absolute Gasteiger partial charge is 0.389 e. The Morgan fingerprint density at radius 2 is 1.96 bits per heavy atom. The van der Waals surface area contributed by atoms with Crippen molar-refractivity contribution in [1.29, 1.82) is 0 Å². The van der Waals surface area contributed by atoms with Crippen LogP contribution in [0.2, 0.25) is 0 Å². The summed E-state index contributed by atoms with van der Waals surface area (Å²) in [7, 11) is 0. The van der Waals surface area contributed by atoms with E-state index in [4.69, 9.17) is 0 Å². The van der Waals surface area contributed by atoms with Crippen molar-refractivity contribution in [2.75, 3.05) is 6.61 Å². The van der Waals surface area contributed by atoms with Crippen molar-refractivity contribution in [2.45, 2.75) is 65.2 Å². The van der Waals surface area contributed by atoms with Crippen LogP contribution in [-0.2, 0) is 4.79 Å². The second-order valence-electron chi connectivity index (χ2n) is 9.36. The third kappa shape index (κ3) is 2.34. The topological polar surface area (TPSA) is 37.3 Å². The van der Waals surface area contributed by atoms with Crippen molar-refractivity contribution >= 4 is 5.78 Å². The molecule has 134 valence electrons. The molecule has 0 heterocycles. The zero-order valence-electron chi connectivity index (χ0n) is 15.1. The molecular weight excluding hydrogens is 303 g/mol. The van der Waals surface area contributed by atoms with E-state index in [9.17, 15) is 14.3 Å². The van der Waals surface area contributed by atoms with E-state index < -0.39 is 0 Å². The van der Waals surface area contributed by atoms with E-state index in [-0.39, 0.29) is 29.5 Å². The fraction of sp³-hybridized carbons (Fsp3) is 0.857. The van der Waals surface area contributed by atoms with Gasteiger partial charge in [0.1, 0.15) is 6.61 Å². The third-order valence-corrected chi connectivity index (χ3v) is 8.30. The van der Waals surface area contributed by atoms with Crippen LogP contribution in [0.4, 0.5) is 4.39 Å². The van der Waals surface area contributed by atoms with Gasteiger partial charge in [-0.2, -0.15) is 0 Å². The number of rotatable bonds is 2. The maximum atomic E-state index is 14.9. The molecule has 0 radical (unpaired) electrons. The van der Waals surface area contributed by atoms with Crippen LogP contribution >= 0.6 is 0 Å². The van der Waals surface area contributed by atoms with Crippen molar-refractivity contribution in [3.05, 3.63) is 11.4 Å². The molecule has 4 rings (SSSR count). The molecule has 0 bridgehead atoms. The second-order valence-corrected chi connectivity index (χ2v) is 9.36. The maximum absolute atomic E-state index is 14.9. The zero-order chi connectivity index (χ0) is 17.1. The SMILES string of the molecule is CC1CCC2C(=C(F)CC3C2CCC2(C)C(C(=O)CO)CCC32)C1. The molecular formula is C21H31FO2. The molecule has 0 aromatic rings. The van der Waals surface area contributed by atoms with Crippen molar-refractivity contribution in [2.24, 2.45) is 40.9 Å². The second kappa shape index (κ2) is 5.93. The minimum Gasteiger partial charge on any atom is -0.389 e. The van der Waals surface area contributed by atoms with Crippen LogP contribution in [0.15, 0.2) is 11.4 Å². The molecule has 0 saturated heterocycles. The van der Waals surface area contributed by atoms with Gasteiger partial charge in [-0.3, -0.25) is 4.79 Å². The lowest BCUT2D eigenvalue weighted by Crippen LogP contribution is -2.47. The average Bonchev–Trinajstić information content (AvgIpc) is 2.92. The molecule has 2 nitrogen and oxygen atoms in total. The number of allylic oxidation sites excluding steroid dienone is 2. The Morgan fingerprint density at radius 3 is 2.71 bits per heavy atom. The van der Waals surface area contributed by atoms with Gasteiger partial charge < -0.3 is 5.11 Å². The summed E-state index contributed by atoms with van der Waals surface area (Å²) in [6.07, 6.45) is 8.13. The number of fused-ring (bicyclic) bond motifs is 5. The third-order valence-electron chi connectivity index (χ3n) is 8.30. The highest BCUT2D eigenvalue weighted by Gasteiger charge is 2.58. The number of carbonyl (C=O) groups excluding carboxylic acids is 1. The van der Waals surface area contributed by atoms with Crippen LogP contribution in [-0.4, -0.2) is 17.5 Å². The molecule has 0 spiro atoms. The molecule has 0 aliphatic heterocycles. The van der Waals surface area contributed by atoms with E-state index in [0.29, 0.717) is 36.0 Å². The number of carbonyl (C=O) groups is 1. The summed E-state index contributed by atoms with van der Waals surface area (Å²) in [6, 6.07) is 0. The predicted octanol–water partition coefficient (Wildman–Crippen LogP) is 4.67. The first-order valence-corrected chi connectivity index (χ1v) is 9.96. The standard InChI is InChI=1S/C21H31FO2/c1-12-3-4-13-14-7-8-21(2)17(5-6-18(21)20(24)11-23)15(14)10-19(22)16(13)9-12/h12-15,17-18,23H,3-11H2,1-2H3. The Bertz CT molecular complexity index is 568. The molecule has 4 aliphatic carbocycles. The molecule has 1 N–H and O–H groups in total. The van der Waals surface area contributed by atoms with E-state index in [1.165, 1.54) is 6.42 Å². The van der Waals surface area contributed by atoms with E-state index >= 15 is 0 Å². The van der Waals surface area contributed by atoms with Gasteiger partial charge in [-0.25, -0.2) is 4.39 Å². The van der Waals surface area contributed by atoms with E-state index in [2.05, 4.69) is 13.8 Å². The minimum atomic E-state index is -0.333. The molecule has 3 saturated carbocycles. The van der Waals surface area contributed by atoms with Crippen LogP contribution in [0.25, 0.3) is 0 Å². The highest BCUT2D eigenvalue weighted by Crippen LogP contribution is 2.64. The fourth-order valence-electron chi connectivity index (χ4n) is 7.14. The Kier molecular flexibility index (Phi) is 4.14. The summed E-state index contributed by atoms with van der Waals surface area (Å²) in [5.41, 5.74) is 1.14. The maximum Gasteiger partial charge on any atom is 0.161 e. The quantitative estimate of drug-likeness (QED) is 0.797. The highest BCUT2D eigenvalue weighted by molar-refractivity contribution is 5.83. The number of ketones is 1.